The molecule has 4 rings (SSSR count). The van der Waals surface area contributed by atoms with Gasteiger partial charge < -0.3 is 5.11 Å². The van der Waals surface area contributed by atoms with E-state index in [1.807, 2.05) is 43.3 Å². The van der Waals surface area contributed by atoms with Gasteiger partial charge in [0, 0.05) is 5.56 Å². The van der Waals surface area contributed by atoms with E-state index in [-0.39, 0.29) is 11.3 Å². The van der Waals surface area contributed by atoms with E-state index in [1.54, 1.807) is 12.1 Å². The zero-order valence-corrected chi connectivity index (χ0v) is 17.7. The summed E-state index contributed by atoms with van der Waals surface area (Å²) in [6.45, 7) is 6.13. The van der Waals surface area contributed by atoms with Gasteiger partial charge in [0.15, 0.2) is 0 Å². The van der Waals surface area contributed by atoms with E-state index < -0.39 is 17.7 Å². The molecule has 1 unspecified atom stereocenters. The molecule has 1 atom stereocenters. The third kappa shape index (κ3) is 3.41. The summed E-state index contributed by atoms with van der Waals surface area (Å²) in [5, 5.41) is 19.2. The molecular weight excluding hydrogens is 398 g/mol. The first-order valence-corrected chi connectivity index (χ1v) is 10.5. The lowest BCUT2D eigenvalue weighted by Gasteiger charge is -2.23. The average molecular weight is 420 g/mol. The second kappa shape index (κ2) is 7.84. The van der Waals surface area contributed by atoms with E-state index in [9.17, 15) is 14.7 Å². The van der Waals surface area contributed by atoms with Crippen LogP contribution in [0.15, 0.2) is 59.6 Å². The minimum atomic E-state index is -0.777. The van der Waals surface area contributed by atoms with Crippen LogP contribution in [0.3, 0.4) is 0 Å². The van der Waals surface area contributed by atoms with Gasteiger partial charge in [-0.1, -0.05) is 79.3 Å². The molecule has 0 aliphatic carbocycles. The van der Waals surface area contributed by atoms with Crippen LogP contribution < -0.4 is 4.90 Å². The maximum atomic E-state index is 13.0. The molecule has 1 amide bonds. The van der Waals surface area contributed by atoms with Crippen LogP contribution in [-0.4, -0.2) is 27.0 Å². The van der Waals surface area contributed by atoms with Gasteiger partial charge in [-0.15, -0.1) is 10.2 Å². The molecule has 1 aromatic heterocycles. The van der Waals surface area contributed by atoms with E-state index >= 15 is 0 Å². The zero-order valence-electron chi connectivity index (χ0n) is 16.9. The summed E-state index contributed by atoms with van der Waals surface area (Å²) in [7, 11) is 0. The fourth-order valence-corrected chi connectivity index (χ4v) is 4.13. The number of aryl methyl sites for hydroxylation is 1. The Labute approximate surface area is 178 Å². The van der Waals surface area contributed by atoms with Crippen molar-refractivity contribution in [2.24, 2.45) is 0 Å². The topological polar surface area (TPSA) is 83.4 Å². The Balaban J connectivity index is 1.90. The van der Waals surface area contributed by atoms with Crippen LogP contribution in [0.25, 0.3) is 5.76 Å². The molecule has 1 aliphatic heterocycles. The number of aliphatic hydroxyl groups is 1. The van der Waals surface area contributed by atoms with E-state index in [4.69, 9.17) is 0 Å². The maximum Gasteiger partial charge on any atom is 0.301 e. The van der Waals surface area contributed by atoms with Crippen LogP contribution in [0.1, 0.15) is 48.1 Å². The molecule has 0 spiro atoms. The lowest BCUT2D eigenvalue weighted by molar-refractivity contribution is -0.132. The maximum absolute atomic E-state index is 13.0. The summed E-state index contributed by atoms with van der Waals surface area (Å²) in [4.78, 5) is 27.3. The van der Waals surface area contributed by atoms with Crippen molar-refractivity contribution < 1.29 is 14.7 Å². The second-order valence-electron chi connectivity index (χ2n) is 7.58. The second-order valence-corrected chi connectivity index (χ2v) is 8.39. The van der Waals surface area contributed by atoms with Crippen molar-refractivity contribution in [1.82, 2.24) is 10.2 Å². The zero-order chi connectivity index (χ0) is 21.4. The summed E-state index contributed by atoms with van der Waals surface area (Å²) in [5.74, 6) is -1.31. The number of Topliss-reactive ketones (excluding diaryl/α,β-unsaturated/α-hetero) is 1. The minimum Gasteiger partial charge on any atom is -0.507 e. The Morgan fingerprint density at radius 1 is 1.07 bits per heavy atom. The number of carbonyl (C=O) groups excluding carboxylic acids is 2. The van der Waals surface area contributed by atoms with Crippen molar-refractivity contribution in [3.8, 4) is 0 Å². The molecule has 30 heavy (non-hydrogen) atoms. The van der Waals surface area contributed by atoms with Crippen LogP contribution >= 0.6 is 11.3 Å². The number of aliphatic hydroxyl groups excluding tert-OH is 1. The van der Waals surface area contributed by atoms with Gasteiger partial charge in [-0.3, -0.25) is 14.5 Å². The average Bonchev–Trinajstić information content (AvgIpc) is 3.35. The Hall–Kier alpha value is -3.32. The Morgan fingerprint density at radius 3 is 2.30 bits per heavy atom. The molecule has 6 nitrogen and oxygen atoms in total. The molecule has 7 heteroatoms. The number of aromatic nitrogens is 2. The van der Waals surface area contributed by atoms with E-state index in [2.05, 4.69) is 24.0 Å². The van der Waals surface area contributed by atoms with Crippen molar-refractivity contribution >= 4 is 33.9 Å². The first kappa shape index (κ1) is 20.0. The molecule has 1 N–H and O–H groups in total. The molecule has 2 aromatic carbocycles. The predicted molar refractivity (Wildman–Crippen MR) is 116 cm³/mol. The highest BCUT2D eigenvalue weighted by molar-refractivity contribution is 7.13. The van der Waals surface area contributed by atoms with Crippen molar-refractivity contribution in [2.45, 2.75) is 32.7 Å². The molecule has 1 fully saturated rings. The third-order valence-corrected chi connectivity index (χ3v) is 5.93. The third-order valence-electron chi connectivity index (χ3n) is 5.24. The van der Waals surface area contributed by atoms with Gasteiger partial charge in [0.1, 0.15) is 11.3 Å². The summed E-state index contributed by atoms with van der Waals surface area (Å²) >= 11 is 1.17. The summed E-state index contributed by atoms with van der Waals surface area (Å²) in [5.41, 5.74) is 4.94. The first-order valence-electron chi connectivity index (χ1n) is 9.62. The minimum absolute atomic E-state index is 0.0522. The van der Waals surface area contributed by atoms with Gasteiger partial charge in [-0.2, -0.15) is 0 Å². The van der Waals surface area contributed by atoms with Crippen LogP contribution in [0.5, 0.6) is 0 Å². The molecule has 0 radical (unpaired) electrons. The first-order chi connectivity index (χ1) is 14.4. The smallest absolute Gasteiger partial charge is 0.301 e. The van der Waals surface area contributed by atoms with Crippen LogP contribution in [-0.2, 0) is 9.59 Å². The Morgan fingerprint density at radius 2 is 1.73 bits per heavy atom. The number of nitrogens with zero attached hydrogens (tertiary/aromatic N) is 3. The van der Waals surface area contributed by atoms with Crippen LogP contribution in [0.4, 0.5) is 5.13 Å². The summed E-state index contributed by atoms with van der Waals surface area (Å²) < 4.78 is 0. The van der Waals surface area contributed by atoms with Crippen molar-refractivity contribution in [1.29, 1.82) is 0 Å². The molecule has 1 aliphatic rings. The van der Waals surface area contributed by atoms with E-state index in [1.165, 1.54) is 21.7 Å². The number of carbonyl (C=O) groups is 2. The number of hydrogen-bond acceptors (Lipinski definition) is 6. The van der Waals surface area contributed by atoms with Gasteiger partial charge >= 0.3 is 5.91 Å². The SMILES string of the molecule is Cc1ccc(C(O)=C2C(=O)C(=O)N(c3nncs3)C2c2ccc(C(C)C)cc2)cc1. The number of anilines is 1. The largest absolute Gasteiger partial charge is 0.507 e. The number of rotatable bonds is 4. The number of hydrogen-bond donors (Lipinski definition) is 1. The standard InChI is InChI=1S/C23H21N3O3S/c1-13(2)15-8-10-16(11-9-15)19-18(20(27)17-6-4-14(3)5-7-17)21(28)22(29)26(19)23-25-24-12-30-23/h4-13,19,27H,1-3H3. The summed E-state index contributed by atoms with van der Waals surface area (Å²) in [6, 6.07) is 14.1. The highest BCUT2D eigenvalue weighted by Crippen LogP contribution is 2.42. The predicted octanol–water partition coefficient (Wildman–Crippen LogP) is 4.60. The van der Waals surface area contributed by atoms with E-state index in [0.29, 0.717) is 16.6 Å². The lowest BCUT2D eigenvalue weighted by Crippen LogP contribution is -2.29. The molecule has 1 saturated heterocycles. The Kier molecular flexibility index (Phi) is 5.22. The van der Waals surface area contributed by atoms with Crippen molar-refractivity contribution in [3.63, 3.8) is 0 Å². The van der Waals surface area contributed by atoms with Gasteiger partial charge in [-0.25, -0.2) is 0 Å². The molecule has 2 heterocycles. The molecule has 152 valence electrons. The number of amides is 1. The van der Waals surface area contributed by atoms with Gasteiger partial charge in [0.05, 0.1) is 11.6 Å². The fraction of sp³-hybridized carbons (Fsp3) is 0.217. The van der Waals surface area contributed by atoms with Gasteiger partial charge in [0.2, 0.25) is 5.13 Å². The number of ketones is 1. The molecule has 0 bridgehead atoms. The summed E-state index contributed by atoms with van der Waals surface area (Å²) in [6.07, 6.45) is 0. The molecular formula is C23H21N3O3S. The normalized spacial score (nSPS) is 18.4. The van der Waals surface area contributed by atoms with Crippen LogP contribution in [0, 0.1) is 6.92 Å². The quantitative estimate of drug-likeness (QED) is 0.380. The van der Waals surface area contributed by atoms with Crippen LogP contribution in [0.2, 0.25) is 0 Å². The van der Waals surface area contributed by atoms with E-state index in [0.717, 1.165) is 16.7 Å². The number of benzene rings is 2. The lowest BCUT2D eigenvalue weighted by atomic mass is 9.93. The monoisotopic (exact) mass is 419 g/mol. The molecule has 3 aromatic rings. The highest BCUT2D eigenvalue weighted by Gasteiger charge is 2.48. The van der Waals surface area contributed by atoms with Gasteiger partial charge in [0.25, 0.3) is 5.78 Å². The Bertz CT molecular complexity index is 1120. The fourth-order valence-electron chi connectivity index (χ4n) is 3.55. The molecule has 0 saturated carbocycles. The van der Waals surface area contributed by atoms with Crippen molar-refractivity contribution in [3.05, 3.63) is 81.9 Å². The van der Waals surface area contributed by atoms with Gasteiger partial charge in [-0.05, 0) is 24.0 Å². The highest BCUT2D eigenvalue weighted by atomic mass is 32.1. The van der Waals surface area contributed by atoms with Crippen molar-refractivity contribution in [2.75, 3.05) is 4.90 Å².